The third kappa shape index (κ3) is 4.68. The van der Waals surface area contributed by atoms with Crippen LogP contribution in [0.5, 0.6) is 5.75 Å². The smallest absolute Gasteiger partial charge is 0.192 e. The molecule has 3 aromatic rings. The number of hydrogen-bond acceptors (Lipinski definition) is 4. The molecule has 0 amide bonds. The number of nitrogens with zero attached hydrogens (tertiary/aromatic N) is 3. The van der Waals surface area contributed by atoms with Gasteiger partial charge in [0.15, 0.2) is 11.0 Å². The second-order valence-electron chi connectivity index (χ2n) is 5.71. The Morgan fingerprint density at radius 2 is 1.88 bits per heavy atom. The molecule has 0 N–H and O–H groups in total. The van der Waals surface area contributed by atoms with Crippen LogP contribution in [0, 0.1) is 0 Å². The number of ether oxygens (including phenoxy) is 1. The Kier molecular flexibility index (Phi) is 6.36. The fraction of sp³-hybridized carbons (Fsp3) is 0.200. The van der Waals surface area contributed by atoms with E-state index in [1.54, 1.807) is 23.9 Å². The van der Waals surface area contributed by atoms with Crippen molar-refractivity contribution in [1.29, 1.82) is 0 Å². The van der Waals surface area contributed by atoms with E-state index in [1.165, 1.54) is 5.56 Å². The Morgan fingerprint density at radius 1 is 1.15 bits per heavy atom. The van der Waals surface area contributed by atoms with Crippen LogP contribution in [-0.2, 0) is 13.2 Å². The first kappa shape index (κ1) is 18.5. The SMILES string of the molecule is C=CCn1c(COc2ccc(Cl)cc2)nnc1SC(C)c1ccccc1. The van der Waals surface area contributed by atoms with Gasteiger partial charge in [0.25, 0.3) is 0 Å². The van der Waals surface area contributed by atoms with Gasteiger partial charge in [0.1, 0.15) is 12.4 Å². The maximum Gasteiger partial charge on any atom is 0.192 e. The number of allylic oxidation sites excluding steroid dienone is 1. The lowest BCUT2D eigenvalue weighted by molar-refractivity contribution is 0.289. The summed E-state index contributed by atoms with van der Waals surface area (Å²) in [6.45, 7) is 6.98. The van der Waals surface area contributed by atoms with Gasteiger partial charge in [0.05, 0.1) is 0 Å². The van der Waals surface area contributed by atoms with Gasteiger partial charge >= 0.3 is 0 Å². The Bertz CT molecular complexity index is 849. The lowest BCUT2D eigenvalue weighted by atomic mass is 10.2. The summed E-state index contributed by atoms with van der Waals surface area (Å²) in [6.07, 6.45) is 1.84. The summed E-state index contributed by atoms with van der Waals surface area (Å²) in [5.74, 6) is 1.51. The quantitative estimate of drug-likeness (QED) is 0.376. The maximum atomic E-state index is 5.90. The number of aromatic nitrogens is 3. The molecule has 0 aliphatic rings. The molecule has 0 aliphatic carbocycles. The number of halogens is 1. The molecule has 4 nitrogen and oxygen atoms in total. The fourth-order valence-corrected chi connectivity index (χ4v) is 3.58. The number of rotatable bonds is 8. The van der Waals surface area contributed by atoms with E-state index in [-0.39, 0.29) is 5.25 Å². The number of thioether (sulfide) groups is 1. The summed E-state index contributed by atoms with van der Waals surface area (Å²) in [6, 6.07) is 17.6. The second kappa shape index (κ2) is 8.92. The molecular weight excluding hydrogens is 366 g/mol. The molecular formula is C20H20ClN3OS. The highest BCUT2D eigenvalue weighted by molar-refractivity contribution is 7.99. The van der Waals surface area contributed by atoms with Gasteiger partial charge in [-0.2, -0.15) is 0 Å². The number of benzene rings is 2. The normalized spacial score (nSPS) is 11.9. The highest BCUT2D eigenvalue weighted by Crippen LogP contribution is 2.34. The molecule has 134 valence electrons. The van der Waals surface area contributed by atoms with Gasteiger partial charge in [-0.3, -0.25) is 4.57 Å². The molecule has 26 heavy (non-hydrogen) atoms. The van der Waals surface area contributed by atoms with Gasteiger partial charge in [-0.15, -0.1) is 16.8 Å². The van der Waals surface area contributed by atoms with Crippen molar-refractivity contribution >= 4 is 23.4 Å². The predicted octanol–water partition coefficient (Wildman–Crippen LogP) is 5.55. The fourth-order valence-electron chi connectivity index (χ4n) is 2.45. The third-order valence-electron chi connectivity index (χ3n) is 3.84. The first-order chi connectivity index (χ1) is 12.7. The molecule has 0 saturated heterocycles. The minimum atomic E-state index is 0.272. The first-order valence-corrected chi connectivity index (χ1v) is 9.56. The van der Waals surface area contributed by atoms with Crippen LogP contribution < -0.4 is 4.74 Å². The van der Waals surface area contributed by atoms with Crippen molar-refractivity contribution in [2.45, 2.75) is 30.5 Å². The topological polar surface area (TPSA) is 39.9 Å². The van der Waals surface area contributed by atoms with Crippen molar-refractivity contribution in [3.05, 3.63) is 83.7 Å². The second-order valence-corrected chi connectivity index (χ2v) is 7.46. The van der Waals surface area contributed by atoms with Crippen LogP contribution in [0.4, 0.5) is 0 Å². The van der Waals surface area contributed by atoms with Crippen LogP contribution in [0.1, 0.15) is 23.6 Å². The molecule has 1 aromatic heterocycles. The summed E-state index contributed by atoms with van der Waals surface area (Å²) in [5, 5.41) is 10.5. The zero-order valence-corrected chi connectivity index (χ0v) is 16.1. The molecule has 6 heteroatoms. The number of hydrogen-bond donors (Lipinski definition) is 0. The largest absolute Gasteiger partial charge is 0.486 e. The lowest BCUT2D eigenvalue weighted by Crippen LogP contribution is -2.07. The molecule has 0 spiro atoms. The molecule has 0 fully saturated rings. The predicted molar refractivity (Wildman–Crippen MR) is 107 cm³/mol. The van der Waals surface area contributed by atoms with E-state index < -0.39 is 0 Å². The molecule has 0 aliphatic heterocycles. The van der Waals surface area contributed by atoms with E-state index in [0.29, 0.717) is 18.2 Å². The molecule has 0 bridgehead atoms. The summed E-state index contributed by atoms with van der Waals surface area (Å²) >= 11 is 7.58. The third-order valence-corrected chi connectivity index (χ3v) is 5.23. The minimum Gasteiger partial charge on any atom is -0.486 e. The monoisotopic (exact) mass is 385 g/mol. The molecule has 1 heterocycles. The van der Waals surface area contributed by atoms with Crippen LogP contribution >= 0.6 is 23.4 Å². The average Bonchev–Trinajstić information content (AvgIpc) is 3.04. The zero-order valence-electron chi connectivity index (χ0n) is 14.5. The Morgan fingerprint density at radius 3 is 2.58 bits per heavy atom. The van der Waals surface area contributed by atoms with Crippen LogP contribution in [0.2, 0.25) is 5.02 Å². The summed E-state index contributed by atoms with van der Waals surface area (Å²) < 4.78 is 7.85. The Balaban J connectivity index is 1.73. The van der Waals surface area contributed by atoms with Crippen molar-refractivity contribution in [1.82, 2.24) is 14.8 Å². The summed E-state index contributed by atoms with van der Waals surface area (Å²) in [5.41, 5.74) is 1.25. The Hall–Kier alpha value is -2.24. The molecule has 3 rings (SSSR count). The first-order valence-electron chi connectivity index (χ1n) is 8.30. The van der Waals surface area contributed by atoms with Crippen molar-refractivity contribution < 1.29 is 4.74 Å². The van der Waals surface area contributed by atoms with E-state index in [0.717, 1.165) is 16.7 Å². The summed E-state index contributed by atoms with van der Waals surface area (Å²) in [4.78, 5) is 0. The van der Waals surface area contributed by atoms with Gasteiger partial charge in [0, 0.05) is 16.8 Å². The van der Waals surface area contributed by atoms with E-state index in [2.05, 4.69) is 35.8 Å². The minimum absolute atomic E-state index is 0.272. The highest BCUT2D eigenvalue weighted by Gasteiger charge is 2.16. The molecule has 1 unspecified atom stereocenters. The van der Waals surface area contributed by atoms with E-state index in [9.17, 15) is 0 Å². The lowest BCUT2D eigenvalue weighted by Gasteiger charge is -2.13. The van der Waals surface area contributed by atoms with Crippen LogP contribution in [0.3, 0.4) is 0 Å². The van der Waals surface area contributed by atoms with Crippen LogP contribution in [0.25, 0.3) is 0 Å². The van der Waals surface area contributed by atoms with Crippen molar-refractivity contribution in [2.24, 2.45) is 0 Å². The molecule has 0 radical (unpaired) electrons. The van der Waals surface area contributed by atoms with Crippen molar-refractivity contribution in [3.63, 3.8) is 0 Å². The van der Waals surface area contributed by atoms with Gasteiger partial charge in [0.2, 0.25) is 0 Å². The van der Waals surface area contributed by atoms with E-state index in [4.69, 9.17) is 16.3 Å². The van der Waals surface area contributed by atoms with Gasteiger partial charge in [-0.05, 0) is 36.8 Å². The van der Waals surface area contributed by atoms with E-state index >= 15 is 0 Å². The summed E-state index contributed by atoms with van der Waals surface area (Å²) in [7, 11) is 0. The maximum absolute atomic E-state index is 5.90. The van der Waals surface area contributed by atoms with Gasteiger partial charge in [-0.25, -0.2) is 0 Å². The van der Waals surface area contributed by atoms with Crippen LogP contribution in [-0.4, -0.2) is 14.8 Å². The van der Waals surface area contributed by atoms with Crippen LogP contribution in [0.15, 0.2) is 72.4 Å². The van der Waals surface area contributed by atoms with Crippen molar-refractivity contribution in [2.75, 3.05) is 0 Å². The van der Waals surface area contributed by atoms with Gasteiger partial charge < -0.3 is 4.74 Å². The van der Waals surface area contributed by atoms with E-state index in [1.807, 2.05) is 41.0 Å². The van der Waals surface area contributed by atoms with Crippen molar-refractivity contribution in [3.8, 4) is 5.75 Å². The Labute approximate surface area is 162 Å². The standard InChI is InChI=1S/C20H20ClN3OS/c1-3-13-24-19(14-25-18-11-9-17(21)10-12-18)22-23-20(24)26-15(2)16-7-5-4-6-8-16/h3-12,15H,1,13-14H2,2H3. The molecule has 0 saturated carbocycles. The highest BCUT2D eigenvalue weighted by atomic mass is 35.5. The molecule has 2 aromatic carbocycles. The molecule has 1 atom stereocenters. The zero-order chi connectivity index (χ0) is 18.4. The van der Waals surface area contributed by atoms with Gasteiger partial charge in [-0.1, -0.05) is 59.8 Å². The average molecular weight is 386 g/mol.